The normalized spacial score (nSPS) is 11.2. The third-order valence-electron chi connectivity index (χ3n) is 3.64. The molecule has 0 aliphatic rings. The van der Waals surface area contributed by atoms with Crippen LogP contribution in [-0.4, -0.2) is 24.1 Å². The number of nitrogens with zero attached hydrogens (tertiary/aromatic N) is 1. The number of guanidine groups is 1. The third kappa shape index (κ3) is 11.4. The van der Waals surface area contributed by atoms with Crippen molar-refractivity contribution in [1.29, 1.82) is 0 Å². The number of hydrogen-bond donors (Lipinski definition) is 2. The molecule has 130 valence electrons. The minimum absolute atomic E-state index is 0.0964. The molecule has 0 spiro atoms. The average Bonchev–Trinajstić information content (AvgIpc) is 2.43. The van der Waals surface area contributed by atoms with Crippen LogP contribution in [0.25, 0.3) is 0 Å². The largest absolute Gasteiger partial charge is 0.464 e. The summed E-state index contributed by atoms with van der Waals surface area (Å²) in [4.78, 5) is 15.7. The van der Waals surface area contributed by atoms with Gasteiger partial charge in [-0.1, -0.05) is 64.7 Å². The van der Waals surface area contributed by atoms with Crippen LogP contribution < -0.4 is 11.5 Å². The number of aliphatic imine (C=N–C) groups is 1. The van der Waals surface area contributed by atoms with E-state index in [-0.39, 0.29) is 11.9 Å². The van der Waals surface area contributed by atoms with Crippen LogP contribution in [0.1, 0.15) is 85.0 Å². The van der Waals surface area contributed by atoms with Crippen molar-refractivity contribution in [2.75, 3.05) is 6.61 Å². The fourth-order valence-electron chi connectivity index (χ4n) is 2.30. The quantitative estimate of drug-likeness (QED) is 0.236. The lowest BCUT2D eigenvalue weighted by Crippen LogP contribution is -2.37. The van der Waals surface area contributed by atoms with Gasteiger partial charge < -0.3 is 16.2 Å². The second-order valence-electron chi connectivity index (χ2n) is 6.41. The number of carbonyl (C=O) groups is 1. The zero-order chi connectivity index (χ0) is 16.8. The molecule has 0 aliphatic carbocycles. The maximum atomic E-state index is 11.8. The summed E-state index contributed by atoms with van der Waals surface area (Å²) in [5.41, 5.74) is 9.59. The molecule has 4 N–H and O–H groups in total. The Morgan fingerprint density at radius 1 is 0.909 bits per heavy atom. The summed E-state index contributed by atoms with van der Waals surface area (Å²) < 4.78 is 5.22. The standard InChI is InChI=1S/C17H35N3O2/c1-4-5-6-7-8-9-10-11-12-13-14-22-15(21)17(2,3)20-16(18)19/h4-14H2,1-3H3,(H4,18,19,20). The van der Waals surface area contributed by atoms with E-state index in [9.17, 15) is 4.79 Å². The Hall–Kier alpha value is -1.26. The third-order valence-corrected chi connectivity index (χ3v) is 3.64. The van der Waals surface area contributed by atoms with Gasteiger partial charge in [0.05, 0.1) is 6.61 Å². The van der Waals surface area contributed by atoms with Crippen molar-refractivity contribution in [3.63, 3.8) is 0 Å². The smallest absolute Gasteiger partial charge is 0.333 e. The number of rotatable bonds is 13. The number of esters is 1. The van der Waals surface area contributed by atoms with Crippen molar-refractivity contribution in [1.82, 2.24) is 0 Å². The van der Waals surface area contributed by atoms with E-state index >= 15 is 0 Å². The van der Waals surface area contributed by atoms with E-state index in [2.05, 4.69) is 11.9 Å². The second-order valence-corrected chi connectivity index (χ2v) is 6.41. The summed E-state index contributed by atoms with van der Waals surface area (Å²) >= 11 is 0. The molecule has 0 radical (unpaired) electrons. The first-order valence-electron chi connectivity index (χ1n) is 8.68. The fraction of sp³-hybridized carbons (Fsp3) is 0.882. The topological polar surface area (TPSA) is 90.7 Å². The Labute approximate surface area is 135 Å². The van der Waals surface area contributed by atoms with Crippen LogP contribution in [0.2, 0.25) is 0 Å². The van der Waals surface area contributed by atoms with Gasteiger partial charge in [-0.05, 0) is 20.3 Å². The second kappa shape index (κ2) is 12.3. The van der Waals surface area contributed by atoms with Crippen molar-refractivity contribution >= 4 is 11.9 Å². The molecule has 0 saturated heterocycles. The summed E-state index contributed by atoms with van der Waals surface area (Å²) in [5.74, 6) is -0.474. The van der Waals surface area contributed by atoms with Crippen LogP contribution in [0.4, 0.5) is 0 Å². The summed E-state index contributed by atoms with van der Waals surface area (Å²) in [6, 6.07) is 0. The van der Waals surface area contributed by atoms with Gasteiger partial charge in [-0.3, -0.25) is 0 Å². The van der Waals surface area contributed by atoms with E-state index < -0.39 is 5.54 Å². The molecule has 0 saturated carbocycles. The maximum absolute atomic E-state index is 11.8. The zero-order valence-electron chi connectivity index (χ0n) is 14.7. The van der Waals surface area contributed by atoms with Crippen LogP contribution in [0.5, 0.6) is 0 Å². The predicted molar refractivity (Wildman–Crippen MR) is 92.7 cm³/mol. The Kier molecular flexibility index (Phi) is 11.6. The minimum atomic E-state index is -1.00. The number of hydrogen-bond acceptors (Lipinski definition) is 3. The van der Waals surface area contributed by atoms with Crippen LogP contribution in [0.15, 0.2) is 4.99 Å². The highest BCUT2D eigenvalue weighted by Crippen LogP contribution is 2.13. The lowest BCUT2D eigenvalue weighted by molar-refractivity contribution is -0.148. The molecule has 0 aromatic carbocycles. The summed E-state index contributed by atoms with van der Waals surface area (Å²) in [6.07, 6.45) is 12.6. The van der Waals surface area contributed by atoms with Gasteiger partial charge in [0.1, 0.15) is 0 Å². The SMILES string of the molecule is CCCCCCCCCCCCOC(=O)C(C)(C)N=C(N)N. The van der Waals surface area contributed by atoms with Gasteiger partial charge in [-0.15, -0.1) is 0 Å². The first kappa shape index (κ1) is 20.7. The Bertz CT molecular complexity index is 324. The fourth-order valence-corrected chi connectivity index (χ4v) is 2.30. The molecule has 22 heavy (non-hydrogen) atoms. The summed E-state index contributed by atoms with van der Waals surface area (Å²) in [7, 11) is 0. The van der Waals surface area contributed by atoms with E-state index in [1.807, 2.05) is 0 Å². The highest BCUT2D eigenvalue weighted by atomic mass is 16.5. The maximum Gasteiger partial charge on any atom is 0.333 e. The van der Waals surface area contributed by atoms with E-state index in [0.717, 1.165) is 12.8 Å². The number of nitrogens with two attached hydrogens (primary N) is 2. The Morgan fingerprint density at radius 3 is 1.82 bits per heavy atom. The van der Waals surface area contributed by atoms with Gasteiger partial charge in [-0.2, -0.15) is 0 Å². The molecule has 0 unspecified atom stereocenters. The van der Waals surface area contributed by atoms with E-state index in [1.165, 1.54) is 51.4 Å². The molecular weight excluding hydrogens is 278 g/mol. The molecule has 0 rings (SSSR count). The van der Waals surface area contributed by atoms with E-state index in [1.54, 1.807) is 13.8 Å². The Balaban J connectivity index is 3.50. The van der Waals surface area contributed by atoms with Crippen molar-refractivity contribution in [2.45, 2.75) is 90.5 Å². The molecular formula is C17H35N3O2. The molecule has 5 heteroatoms. The average molecular weight is 313 g/mol. The highest BCUT2D eigenvalue weighted by Gasteiger charge is 2.28. The Morgan fingerprint density at radius 2 is 1.36 bits per heavy atom. The number of ether oxygens (including phenoxy) is 1. The molecule has 0 amide bonds. The molecule has 0 heterocycles. The van der Waals surface area contributed by atoms with E-state index in [0.29, 0.717) is 6.61 Å². The lowest BCUT2D eigenvalue weighted by Gasteiger charge is -2.18. The molecule has 0 fully saturated rings. The van der Waals surface area contributed by atoms with Crippen molar-refractivity contribution < 1.29 is 9.53 Å². The molecule has 0 aliphatic heterocycles. The first-order chi connectivity index (χ1) is 10.4. The molecule has 0 atom stereocenters. The van der Waals surface area contributed by atoms with Crippen LogP contribution >= 0.6 is 0 Å². The van der Waals surface area contributed by atoms with Crippen molar-refractivity contribution in [3.05, 3.63) is 0 Å². The number of unbranched alkanes of at least 4 members (excludes halogenated alkanes) is 9. The highest BCUT2D eigenvalue weighted by molar-refractivity contribution is 5.85. The minimum Gasteiger partial charge on any atom is -0.464 e. The zero-order valence-corrected chi connectivity index (χ0v) is 14.7. The summed E-state index contributed by atoms with van der Waals surface area (Å²) in [6.45, 7) is 5.98. The van der Waals surface area contributed by atoms with Gasteiger partial charge in [0.15, 0.2) is 11.5 Å². The van der Waals surface area contributed by atoms with Gasteiger partial charge in [0.25, 0.3) is 0 Å². The lowest BCUT2D eigenvalue weighted by atomic mass is 10.1. The summed E-state index contributed by atoms with van der Waals surface area (Å²) in [5, 5.41) is 0. The van der Waals surface area contributed by atoms with Crippen molar-refractivity contribution in [3.8, 4) is 0 Å². The van der Waals surface area contributed by atoms with E-state index in [4.69, 9.17) is 16.2 Å². The number of carbonyl (C=O) groups excluding carboxylic acids is 1. The predicted octanol–water partition coefficient (Wildman–Crippen LogP) is 3.50. The first-order valence-corrected chi connectivity index (χ1v) is 8.68. The van der Waals surface area contributed by atoms with Crippen molar-refractivity contribution in [2.24, 2.45) is 16.5 Å². The molecule has 5 nitrogen and oxygen atoms in total. The van der Waals surface area contributed by atoms with Gasteiger partial charge in [0.2, 0.25) is 0 Å². The van der Waals surface area contributed by atoms with Gasteiger partial charge in [0, 0.05) is 0 Å². The van der Waals surface area contributed by atoms with Crippen LogP contribution in [0, 0.1) is 0 Å². The van der Waals surface area contributed by atoms with Gasteiger partial charge >= 0.3 is 5.97 Å². The molecule has 0 bridgehead atoms. The van der Waals surface area contributed by atoms with Crippen LogP contribution in [-0.2, 0) is 9.53 Å². The van der Waals surface area contributed by atoms with Gasteiger partial charge in [-0.25, -0.2) is 9.79 Å². The van der Waals surface area contributed by atoms with Crippen LogP contribution in [0.3, 0.4) is 0 Å². The molecule has 0 aromatic rings. The monoisotopic (exact) mass is 313 g/mol. The molecule has 0 aromatic heterocycles.